The number of hydrogen-bond donors (Lipinski definition) is 0. The van der Waals surface area contributed by atoms with E-state index < -0.39 is 16.7 Å². The van der Waals surface area contributed by atoms with Gasteiger partial charge >= 0.3 is 5.88 Å². The Hall–Kier alpha value is -2.89. The maximum Gasteiger partial charge on any atom is 0.433 e. The molecule has 12 heteroatoms. The van der Waals surface area contributed by atoms with E-state index in [-0.39, 0.29) is 18.2 Å². The molecular formula is C19H23ClN4O6S. The van der Waals surface area contributed by atoms with Gasteiger partial charge in [0.1, 0.15) is 26.6 Å². The van der Waals surface area contributed by atoms with Crippen LogP contribution in [0.5, 0.6) is 11.5 Å². The number of halogens is 1. The van der Waals surface area contributed by atoms with Gasteiger partial charge in [-0.25, -0.2) is 4.98 Å². The van der Waals surface area contributed by atoms with Crippen molar-refractivity contribution in [3.05, 3.63) is 40.1 Å². The number of furan rings is 1. The molecule has 0 N–H and O–H groups in total. The first-order chi connectivity index (χ1) is 14.3. The minimum Gasteiger partial charge on any atom is -0.495 e. The Balaban J connectivity index is 0.00000341. The predicted octanol–water partition coefficient (Wildman–Crippen LogP) is 3.84. The first kappa shape index (κ1) is 24.4. The third-order valence-corrected chi connectivity index (χ3v) is 5.44. The highest BCUT2D eigenvalue weighted by Crippen LogP contribution is 2.40. The number of fused-ring (bicyclic) bond motifs is 1. The van der Waals surface area contributed by atoms with Crippen LogP contribution in [0, 0.1) is 10.1 Å². The monoisotopic (exact) mass is 470 g/mol. The number of nitro groups is 1. The number of rotatable bonds is 9. The van der Waals surface area contributed by atoms with E-state index in [0.29, 0.717) is 35.1 Å². The van der Waals surface area contributed by atoms with Crippen LogP contribution in [0.4, 0.5) is 11.0 Å². The molecule has 10 nitrogen and oxygen atoms in total. The number of benzene rings is 1. The van der Waals surface area contributed by atoms with Crippen LogP contribution in [0.15, 0.2) is 28.7 Å². The van der Waals surface area contributed by atoms with Crippen LogP contribution in [0.1, 0.15) is 17.0 Å². The van der Waals surface area contributed by atoms with Crippen molar-refractivity contribution in [2.45, 2.75) is 6.42 Å². The van der Waals surface area contributed by atoms with Crippen molar-refractivity contribution in [1.29, 1.82) is 0 Å². The number of anilines is 1. The van der Waals surface area contributed by atoms with Gasteiger partial charge in [-0.05, 0) is 45.3 Å². The number of hydrogen-bond acceptors (Lipinski definition) is 9. The molecule has 3 aromatic rings. The fourth-order valence-electron chi connectivity index (χ4n) is 2.89. The van der Waals surface area contributed by atoms with Crippen LogP contribution in [-0.4, -0.2) is 62.1 Å². The molecule has 0 fully saturated rings. The molecule has 168 valence electrons. The molecular weight excluding hydrogens is 448 g/mol. The number of carbonyl (C=O) groups excluding carboxylic acids is 1. The zero-order valence-corrected chi connectivity index (χ0v) is 19.1. The summed E-state index contributed by atoms with van der Waals surface area (Å²) in [6.07, 6.45) is 0.672. The first-order valence-corrected chi connectivity index (χ1v) is 9.89. The number of amides is 1. The van der Waals surface area contributed by atoms with Crippen molar-refractivity contribution in [2.24, 2.45) is 0 Å². The van der Waals surface area contributed by atoms with Gasteiger partial charge in [0.15, 0.2) is 10.9 Å². The minimum atomic E-state index is -0.680. The lowest BCUT2D eigenvalue weighted by atomic mass is 10.3. The van der Waals surface area contributed by atoms with E-state index in [1.807, 2.05) is 19.0 Å². The molecule has 0 spiro atoms. The third-order valence-electron chi connectivity index (χ3n) is 4.34. The van der Waals surface area contributed by atoms with E-state index in [4.69, 9.17) is 13.9 Å². The van der Waals surface area contributed by atoms with E-state index in [1.165, 1.54) is 22.3 Å². The van der Waals surface area contributed by atoms with E-state index in [1.54, 1.807) is 26.4 Å². The van der Waals surface area contributed by atoms with E-state index in [0.717, 1.165) is 17.3 Å². The van der Waals surface area contributed by atoms with Gasteiger partial charge in [0, 0.05) is 6.54 Å². The second kappa shape index (κ2) is 10.4. The molecule has 31 heavy (non-hydrogen) atoms. The topological polar surface area (TPSA) is 111 Å². The van der Waals surface area contributed by atoms with Crippen LogP contribution < -0.4 is 14.4 Å². The minimum absolute atomic E-state index is 0. The zero-order chi connectivity index (χ0) is 21.8. The lowest BCUT2D eigenvalue weighted by Crippen LogP contribution is -2.33. The molecule has 0 saturated heterocycles. The third kappa shape index (κ3) is 5.24. The van der Waals surface area contributed by atoms with Crippen LogP contribution in [0.3, 0.4) is 0 Å². The summed E-state index contributed by atoms with van der Waals surface area (Å²) in [5, 5.41) is 11.4. The highest BCUT2D eigenvalue weighted by Gasteiger charge is 2.27. The quantitative estimate of drug-likeness (QED) is 0.342. The van der Waals surface area contributed by atoms with Crippen LogP contribution >= 0.6 is 23.7 Å². The van der Waals surface area contributed by atoms with E-state index >= 15 is 0 Å². The summed E-state index contributed by atoms with van der Waals surface area (Å²) in [6.45, 7) is 1.11. The van der Waals surface area contributed by atoms with Gasteiger partial charge in [-0.3, -0.25) is 19.8 Å². The second-order valence-electron chi connectivity index (χ2n) is 6.65. The maximum absolute atomic E-state index is 13.1. The summed E-state index contributed by atoms with van der Waals surface area (Å²) < 4.78 is 16.7. The van der Waals surface area contributed by atoms with Gasteiger partial charge in [-0.2, -0.15) is 0 Å². The summed E-state index contributed by atoms with van der Waals surface area (Å²) in [7, 11) is 6.98. The molecule has 2 aromatic heterocycles. The Kier molecular flexibility index (Phi) is 8.20. The van der Waals surface area contributed by atoms with Crippen molar-refractivity contribution in [3.63, 3.8) is 0 Å². The standard InChI is InChI=1S/C19H22N4O6S.ClH/c1-21(2)10-5-11-22(18(24)14-8-9-15(29-14)23(25)26)19-20-16-12(27-3)6-7-13(28-4)17(16)30-19;/h6-9H,5,10-11H2,1-4H3;1H. The summed E-state index contributed by atoms with van der Waals surface area (Å²) >= 11 is 1.28. The molecule has 0 aliphatic heterocycles. The van der Waals surface area contributed by atoms with Gasteiger partial charge in [-0.15, -0.1) is 12.4 Å². The van der Waals surface area contributed by atoms with Crippen molar-refractivity contribution in [3.8, 4) is 11.5 Å². The summed E-state index contributed by atoms with van der Waals surface area (Å²) in [5.41, 5.74) is 0.577. The fraction of sp³-hybridized carbons (Fsp3) is 0.368. The molecule has 0 aliphatic carbocycles. The molecule has 0 radical (unpaired) electrons. The Morgan fingerprint density at radius 2 is 1.84 bits per heavy atom. The van der Waals surface area contributed by atoms with Gasteiger partial charge in [-0.1, -0.05) is 11.3 Å². The highest BCUT2D eigenvalue weighted by molar-refractivity contribution is 7.22. The molecule has 0 atom stereocenters. The highest BCUT2D eigenvalue weighted by atomic mass is 35.5. The normalized spacial score (nSPS) is 10.7. The van der Waals surface area contributed by atoms with Crippen LogP contribution in [-0.2, 0) is 0 Å². The molecule has 3 rings (SSSR count). The largest absolute Gasteiger partial charge is 0.495 e. The smallest absolute Gasteiger partial charge is 0.433 e. The summed E-state index contributed by atoms with van der Waals surface area (Å²) in [5.74, 6) is 0.0642. The first-order valence-electron chi connectivity index (χ1n) is 9.08. The number of methoxy groups -OCH3 is 2. The van der Waals surface area contributed by atoms with Crippen molar-refractivity contribution >= 4 is 50.9 Å². The molecule has 0 bridgehead atoms. The predicted molar refractivity (Wildman–Crippen MR) is 120 cm³/mol. The number of aromatic nitrogens is 1. The van der Waals surface area contributed by atoms with Crippen molar-refractivity contribution in [1.82, 2.24) is 9.88 Å². The number of carbonyl (C=O) groups is 1. The van der Waals surface area contributed by atoms with E-state index in [2.05, 4.69) is 4.98 Å². The van der Waals surface area contributed by atoms with Gasteiger partial charge < -0.3 is 18.8 Å². The van der Waals surface area contributed by atoms with Crippen LogP contribution in [0.25, 0.3) is 10.2 Å². The molecule has 0 unspecified atom stereocenters. The Morgan fingerprint density at radius 3 is 2.42 bits per heavy atom. The molecule has 1 amide bonds. The second-order valence-corrected chi connectivity index (χ2v) is 7.63. The molecule has 1 aromatic carbocycles. The Labute approximate surface area is 188 Å². The zero-order valence-electron chi connectivity index (χ0n) is 17.5. The average molecular weight is 471 g/mol. The SMILES string of the molecule is COc1ccc(OC)c2sc(N(CCCN(C)C)C(=O)c3ccc([N+](=O)[O-])o3)nc12.Cl. The van der Waals surface area contributed by atoms with Gasteiger partial charge in [0.2, 0.25) is 0 Å². The Morgan fingerprint density at radius 1 is 1.16 bits per heavy atom. The lowest BCUT2D eigenvalue weighted by molar-refractivity contribution is -0.402. The Bertz CT molecular complexity index is 1030. The van der Waals surface area contributed by atoms with Crippen LogP contribution in [0.2, 0.25) is 0 Å². The number of nitrogens with zero attached hydrogens (tertiary/aromatic N) is 4. The van der Waals surface area contributed by atoms with Crippen molar-refractivity contribution < 1.29 is 23.6 Å². The van der Waals surface area contributed by atoms with Crippen molar-refractivity contribution in [2.75, 3.05) is 46.3 Å². The number of thiazole rings is 1. The fourth-order valence-corrected chi connectivity index (χ4v) is 3.99. The summed E-state index contributed by atoms with van der Waals surface area (Å²) in [4.78, 5) is 31.5. The number of ether oxygens (including phenoxy) is 2. The molecule has 2 heterocycles. The molecule has 0 aliphatic rings. The summed E-state index contributed by atoms with van der Waals surface area (Å²) in [6, 6.07) is 5.99. The average Bonchev–Trinajstić information content (AvgIpc) is 3.37. The van der Waals surface area contributed by atoms with Gasteiger partial charge in [0.25, 0.3) is 5.91 Å². The van der Waals surface area contributed by atoms with Gasteiger partial charge in [0.05, 0.1) is 20.3 Å². The maximum atomic E-state index is 13.1. The lowest BCUT2D eigenvalue weighted by Gasteiger charge is -2.19. The van der Waals surface area contributed by atoms with E-state index in [9.17, 15) is 14.9 Å². The molecule has 0 saturated carbocycles.